The summed E-state index contributed by atoms with van der Waals surface area (Å²) >= 11 is 2.42. The second-order valence-corrected chi connectivity index (χ2v) is 29.5. The molecule has 0 aliphatic rings. The fourth-order valence-corrected chi connectivity index (χ4v) is 20.7. The summed E-state index contributed by atoms with van der Waals surface area (Å²) < 4.78 is 4.27. The number of halogens is 1. The summed E-state index contributed by atoms with van der Waals surface area (Å²) in [7, 11) is -1.01. The van der Waals surface area contributed by atoms with Gasteiger partial charge in [0, 0.05) is 0 Å². The first-order valence-electron chi connectivity index (χ1n) is 6.68. The van der Waals surface area contributed by atoms with Crippen molar-refractivity contribution in [3.63, 3.8) is 0 Å². The molecule has 0 saturated heterocycles. The van der Waals surface area contributed by atoms with Crippen molar-refractivity contribution >= 4 is 36.8 Å². The molecule has 0 aromatic carbocycles. The molecule has 0 aromatic heterocycles. The first kappa shape index (κ1) is 18.2. The average molecular weight is 435 g/mol. The van der Waals surface area contributed by atoms with Gasteiger partial charge >= 0.3 is 121 Å². The van der Waals surface area contributed by atoms with Gasteiger partial charge in [0.15, 0.2) is 0 Å². The number of allylic oxidation sites excluding steroid dienone is 1. The Bertz CT molecular complexity index is 231. The Balaban J connectivity index is 4.54. The van der Waals surface area contributed by atoms with Gasteiger partial charge in [0.2, 0.25) is 0 Å². The molecule has 0 aliphatic carbocycles. The molecule has 0 unspecified atom stereocenters. The monoisotopic (exact) mass is 436 g/mol. The Morgan fingerprint density at radius 3 is 1.71 bits per heavy atom. The van der Waals surface area contributed by atoms with Crippen LogP contribution in [0.2, 0.25) is 33.0 Å². The second kappa shape index (κ2) is 7.73. The van der Waals surface area contributed by atoms with Crippen LogP contribution in [-0.2, 0) is 0 Å². The third kappa shape index (κ3) is 10.8. The van der Waals surface area contributed by atoms with Crippen molar-refractivity contribution in [2.75, 3.05) is 0 Å². The fraction of sp³-hybridized carbons (Fsp3) is 0.857. The van der Waals surface area contributed by atoms with E-state index in [0.717, 1.165) is 11.8 Å². The molecule has 0 fully saturated rings. The Morgan fingerprint density at radius 2 is 1.41 bits per heavy atom. The van der Waals surface area contributed by atoms with E-state index < -0.39 is 24.0 Å². The molecular formula is C14H31BrSiTe. The molecule has 0 radical (unpaired) electrons. The summed E-state index contributed by atoms with van der Waals surface area (Å²) in [5.74, 6) is 1.68. The van der Waals surface area contributed by atoms with E-state index in [1.54, 1.807) is 0 Å². The SMILES string of the molecule is CC(C)C[Te](Br)(C/C=C/[Si](C)(C)C)CC(C)C. The van der Waals surface area contributed by atoms with E-state index >= 15 is 0 Å². The van der Waals surface area contributed by atoms with Crippen LogP contribution < -0.4 is 0 Å². The van der Waals surface area contributed by atoms with Crippen molar-refractivity contribution in [3.8, 4) is 0 Å². The topological polar surface area (TPSA) is 0 Å². The Labute approximate surface area is 120 Å². The summed E-state index contributed by atoms with van der Waals surface area (Å²) in [5, 5.41) is 0. The van der Waals surface area contributed by atoms with Gasteiger partial charge in [-0.3, -0.25) is 0 Å². The van der Waals surface area contributed by atoms with Gasteiger partial charge in [-0.05, 0) is 0 Å². The predicted molar refractivity (Wildman–Crippen MR) is 91.3 cm³/mol. The van der Waals surface area contributed by atoms with Crippen molar-refractivity contribution < 1.29 is 0 Å². The molecule has 0 nitrogen and oxygen atoms in total. The van der Waals surface area contributed by atoms with E-state index in [1.165, 1.54) is 13.4 Å². The maximum atomic E-state index is 4.21. The van der Waals surface area contributed by atoms with E-state index in [9.17, 15) is 0 Å². The first-order chi connectivity index (χ1) is 7.54. The van der Waals surface area contributed by atoms with Crippen molar-refractivity contribution in [3.05, 3.63) is 11.8 Å². The molecule has 0 saturated carbocycles. The average Bonchev–Trinajstić information content (AvgIpc) is 1.95. The van der Waals surface area contributed by atoms with E-state index in [-0.39, 0.29) is 0 Å². The zero-order valence-corrected chi connectivity index (χ0v) is 17.6. The molecule has 0 aromatic rings. The maximum absolute atomic E-state index is 4.21. The van der Waals surface area contributed by atoms with Gasteiger partial charge in [0.05, 0.1) is 0 Å². The predicted octanol–water partition coefficient (Wildman–Crippen LogP) is 6.07. The molecule has 0 rings (SSSR count). The van der Waals surface area contributed by atoms with Crippen LogP contribution in [0.25, 0.3) is 0 Å². The minimum atomic E-state index is -1.79. The van der Waals surface area contributed by atoms with Crippen LogP contribution in [0.3, 0.4) is 0 Å². The third-order valence-electron chi connectivity index (χ3n) is 2.28. The van der Waals surface area contributed by atoms with Crippen LogP contribution in [0.5, 0.6) is 0 Å². The van der Waals surface area contributed by atoms with Crippen LogP contribution in [-0.4, -0.2) is 24.0 Å². The molecule has 0 spiro atoms. The van der Waals surface area contributed by atoms with E-state index in [4.69, 9.17) is 0 Å². The normalized spacial score (nSPS) is 15.2. The minimum absolute atomic E-state index is 0.842. The zero-order valence-electron chi connectivity index (χ0n) is 12.7. The Kier molecular flexibility index (Phi) is 8.29. The van der Waals surface area contributed by atoms with E-state index in [0.29, 0.717) is 0 Å². The molecule has 17 heavy (non-hydrogen) atoms. The molecule has 0 amide bonds. The Hall–Kier alpha value is 1.23. The summed E-state index contributed by atoms with van der Waals surface area (Å²) in [6.45, 7) is 16.7. The van der Waals surface area contributed by atoms with Crippen LogP contribution >= 0.6 is 12.8 Å². The van der Waals surface area contributed by atoms with Gasteiger partial charge in [-0.1, -0.05) is 0 Å². The zero-order chi connectivity index (χ0) is 13.7. The van der Waals surface area contributed by atoms with Crippen molar-refractivity contribution in [1.29, 1.82) is 0 Å². The van der Waals surface area contributed by atoms with E-state index in [1.807, 2.05) is 0 Å². The molecule has 0 aliphatic heterocycles. The van der Waals surface area contributed by atoms with Gasteiger partial charge in [0.1, 0.15) is 0 Å². The quantitative estimate of drug-likeness (QED) is 0.426. The fourth-order valence-electron chi connectivity index (χ4n) is 1.97. The Morgan fingerprint density at radius 1 is 1.00 bits per heavy atom. The molecule has 0 N–H and O–H groups in total. The first-order valence-corrected chi connectivity index (χ1v) is 20.4. The summed E-state index contributed by atoms with van der Waals surface area (Å²) in [6.07, 6.45) is 2.51. The molecule has 3 heteroatoms. The van der Waals surface area contributed by atoms with E-state index in [2.05, 4.69) is 71.9 Å². The molecule has 0 bridgehead atoms. The summed E-state index contributed by atoms with van der Waals surface area (Å²) in [6, 6.07) is 0. The molecule has 0 heterocycles. The van der Waals surface area contributed by atoms with Crippen LogP contribution in [0.4, 0.5) is 0 Å². The van der Waals surface area contributed by atoms with Gasteiger partial charge in [0.25, 0.3) is 0 Å². The summed E-state index contributed by atoms with van der Waals surface area (Å²) in [5.41, 5.74) is 2.52. The van der Waals surface area contributed by atoms with Gasteiger partial charge in [-0.15, -0.1) is 0 Å². The number of rotatable bonds is 7. The van der Waals surface area contributed by atoms with Gasteiger partial charge in [-0.2, -0.15) is 0 Å². The molecule has 0 atom stereocenters. The van der Waals surface area contributed by atoms with Gasteiger partial charge in [-0.25, -0.2) is 0 Å². The summed E-state index contributed by atoms with van der Waals surface area (Å²) in [4.78, 5) is 0. The molecular weight excluding hydrogens is 404 g/mol. The van der Waals surface area contributed by atoms with Crippen molar-refractivity contribution in [2.45, 2.75) is 60.7 Å². The van der Waals surface area contributed by atoms with Crippen molar-refractivity contribution in [2.24, 2.45) is 11.8 Å². The second-order valence-electron chi connectivity index (χ2n) is 7.00. The number of hydrogen-bond acceptors (Lipinski definition) is 0. The van der Waals surface area contributed by atoms with Crippen LogP contribution in [0.1, 0.15) is 27.7 Å². The molecule has 104 valence electrons. The number of hydrogen-bond donors (Lipinski definition) is 0. The van der Waals surface area contributed by atoms with Crippen LogP contribution in [0.15, 0.2) is 11.8 Å². The standard InChI is InChI=1S/C14H31BrSiTe/c1-13(2)11-17(15,12-14(3)4)10-8-9-16(5,6)7/h8-9,13-14H,10-12H2,1-7H3/b9-8+. The van der Waals surface area contributed by atoms with Gasteiger partial charge < -0.3 is 0 Å². The van der Waals surface area contributed by atoms with Crippen molar-refractivity contribution in [1.82, 2.24) is 0 Å². The van der Waals surface area contributed by atoms with Crippen LogP contribution in [0, 0.1) is 11.8 Å². The third-order valence-corrected chi connectivity index (χ3v) is 18.3.